The van der Waals surface area contributed by atoms with Crippen LogP contribution in [0.25, 0.3) is 11.5 Å². The van der Waals surface area contributed by atoms with Crippen molar-refractivity contribution in [3.05, 3.63) is 41.9 Å². The van der Waals surface area contributed by atoms with Crippen LogP contribution in [0.15, 0.2) is 33.2 Å². The highest BCUT2D eigenvalue weighted by Crippen LogP contribution is 2.58. The summed E-state index contributed by atoms with van der Waals surface area (Å²) < 4.78 is 38.1. The van der Waals surface area contributed by atoms with Gasteiger partial charge in [0.2, 0.25) is 24.1 Å². The van der Waals surface area contributed by atoms with Crippen LogP contribution >= 0.6 is 0 Å². The van der Waals surface area contributed by atoms with E-state index in [-0.39, 0.29) is 22.7 Å². The number of carbonyl (C=O) groups excluding carboxylic acids is 1. The van der Waals surface area contributed by atoms with Crippen molar-refractivity contribution < 1.29 is 22.5 Å². The van der Waals surface area contributed by atoms with Gasteiger partial charge in [-0.1, -0.05) is 11.2 Å². The molecule has 8 nitrogen and oxygen atoms in total. The first kappa shape index (κ1) is 26.5. The Morgan fingerprint density at radius 2 is 1.74 bits per heavy atom. The van der Waals surface area contributed by atoms with Crippen LogP contribution in [-0.2, 0) is 10.2 Å². The van der Waals surface area contributed by atoms with E-state index in [0.717, 1.165) is 93.1 Å². The third-order valence-corrected chi connectivity index (χ3v) is 10.9. The van der Waals surface area contributed by atoms with Gasteiger partial charge in [-0.3, -0.25) is 4.79 Å². The van der Waals surface area contributed by atoms with Gasteiger partial charge in [0.05, 0.1) is 0 Å². The smallest absolute Gasteiger partial charge is 0.258 e. The Labute approximate surface area is 243 Å². The van der Waals surface area contributed by atoms with Gasteiger partial charge in [-0.15, -0.1) is 10.2 Å². The summed E-state index contributed by atoms with van der Waals surface area (Å²) in [7, 11) is 0. The Morgan fingerprint density at radius 1 is 1.00 bits per heavy atom. The summed E-state index contributed by atoms with van der Waals surface area (Å²) in [5.74, 6) is 3.11. The van der Waals surface area contributed by atoms with E-state index in [9.17, 15) is 13.6 Å². The maximum atomic E-state index is 13.9. The summed E-state index contributed by atoms with van der Waals surface area (Å²) in [4.78, 5) is 20.5. The second-order valence-corrected chi connectivity index (χ2v) is 13.9. The number of aromatic nitrogens is 4. The van der Waals surface area contributed by atoms with E-state index in [1.165, 1.54) is 0 Å². The predicted octanol–water partition coefficient (Wildman–Crippen LogP) is 7.18. The molecule has 2 heterocycles. The van der Waals surface area contributed by atoms with Crippen molar-refractivity contribution >= 4 is 11.6 Å². The van der Waals surface area contributed by atoms with Crippen LogP contribution in [0.3, 0.4) is 0 Å². The molecule has 3 aromatic rings. The lowest BCUT2D eigenvalue weighted by Crippen LogP contribution is -2.51. The number of alkyl halides is 2. The molecular weight excluding hydrogens is 540 g/mol. The van der Waals surface area contributed by atoms with Crippen molar-refractivity contribution in [3.8, 4) is 11.5 Å². The summed E-state index contributed by atoms with van der Waals surface area (Å²) in [6.07, 6.45) is 9.19. The minimum Gasteiger partial charge on any atom is -0.424 e. The zero-order valence-electron chi connectivity index (χ0n) is 23.8. The van der Waals surface area contributed by atoms with Gasteiger partial charge in [-0.2, -0.15) is 4.98 Å². The van der Waals surface area contributed by atoms with Gasteiger partial charge in [-0.25, -0.2) is 8.78 Å². The molecule has 10 heteroatoms. The summed E-state index contributed by atoms with van der Waals surface area (Å²) in [6, 6.07) is 7.80. The van der Waals surface area contributed by atoms with Gasteiger partial charge in [0, 0.05) is 47.4 Å². The molecule has 0 unspecified atom stereocenters. The largest absolute Gasteiger partial charge is 0.424 e. The number of halogens is 2. The fourth-order valence-electron chi connectivity index (χ4n) is 7.61. The van der Waals surface area contributed by atoms with Crippen molar-refractivity contribution in [2.45, 2.75) is 107 Å². The molecule has 6 fully saturated rings. The second kappa shape index (κ2) is 9.95. The van der Waals surface area contributed by atoms with Crippen molar-refractivity contribution in [1.82, 2.24) is 20.3 Å². The number of hydrogen-bond donors (Lipinski definition) is 0. The van der Waals surface area contributed by atoms with Crippen LogP contribution in [0.2, 0.25) is 0 Å². The number of rotatable bonds is 10. The first-order valence-corrected chi connectivity index (χ1v) is 15.8. The SMILES string of the molecule is O=C(CC1CC(C(F)F)C1)N(CC12CCC(c3nnc(C4CC4)o3)(CC1)CC2)c1cccc(-c2nc(C3CC3)no2)c1. The summed E-state index contributed by atoms with van der Waals surface area (Å²) in [5, 5.41) is 13.0. The highest BCUT2D eigenvalue weighted by atomic mass is 19.3. The lowest BCUT2D eigenvalue weighted by Gasteiger charge is -2.53. The first-order chi connectivity index (χ1) is 20.4. The second-order valence-electron chi connectivity index (χ2n) is 13.9. The molecule has 0 spiro atoms. The molecule has 42 heavy (non-hydrogen) atoms. The third-order valence-electron chi connectivity index (χ3n) is 10.9. The molecule has 222 valence electrons. The Bertz CT molecular complexity index is 1450. The number of hydrogen-bond acceptors (Lipinski definition) is 7. The summed E-state index contributed by atoms with van der Waals surface area (Å²) in [6.45, 7) is 0.616. The Hall–Kier alpha value is -3.17. The number of nitrogens with zero attached hydrogens (tertiary/aromatic N) is 5. The van der Waals surface area contributed by atoms with Crippen LogP contribution in [0.4, 0.5) is 14.5 Å². The molecule has 6 saturated carbocycles. The van der Waals surface area contributed by atoms with Gasteiger partial charge in [0.15, 0.2) is 5.82 Å². The van der Waals surface area contributed by atoms with E-state index in [2.05, 4.69) is 20.3 Å². The zero-order chi connectivity index (χ0) is 28.5. The number of fused-ring (bicyclic) bond motifs is 3. The highest BCUT2D eigenvalue weighted by molar-refractivity contribution is 5.94. The molecule has 6 aliphatic rings. The number of carbonyl (C=O) groups is 1. The van der Waals surface area contributed by atoms with Crippen molar-refractivity contribution in [3.63, 3.8) is 0 Å². The van der Waals surface area contributed by atoms with Gasteiger partial charge in [0.1, 0.15) is 0 Å². The lowest BCUT2D eigenvalue weighted by molar-refractivity contribution is -0.122. The average molecular weight is 578 g/mol. The minimum atomic E-state index is -2.30. The van der Waals surface area contributed by atoms with Crippen LogP contribution in [0.1, 0.15) is 113 Å². The molecule has 1 amide bonds. The van der Waals surface area contributed by atoms with E-state index in [1.807, 2.05) is 29.2 Å². The Balaban J connectivity index is 1.03. The minimum absolute atomic E-state index is 0.00150. The quantitative estimate of drug-likeness (QED) is 0.252. The molecule has 0 atom stereocenters. The number of amides is 1. The molecule has 0 saturated heterocycles. The molecule has 2 aromatic heterocycles. The molecule has 0 aliphatic heterocycles. The van der Waals surface area contributed by atoms with E-state index >= 15 is 0 Å². The molecular formula is C32H37F2N5O3. The van der Waals surface area contributed by atoms with Gasteiger partial charge in [-0.05, 0) is 107 Å². The molecule has 2 bridgehead atoms. The molecule has 6 aliphatic carbocycles. The van der Waals surface area contributed by atoms with E-state index < -0.39 is 12.3 Å². The molecule has 1 aromatic carbocycles. The third kappa shape index (κ3) is 4.84. The van der Waals surface area contributed by atoms with Gasteiger partial charge < -0.3 is 13.8 Å². The van der Waals surface area contributed by atoms with E-state index in [1.54, 1.807) is 0 Å². The Morgan fingerprint density at radius 3 is 2.43 bits per heavy atom. The zero-order valence-corrected chi connectivity index (χ0v) is 23.8. The average Bonchev–Trinajstić information content (AvgIpc) is 3.92. The predicted molar refractivity (Wildman–Crippen MR) is 149 cm³/mol. The maximum absolute atomic E-state index is 13.9. The number of benzene rings is 1. The molecule has 0 N–H and O–H groups in total. The molecule has 0 radical (unpaired) electrons. The normalized spacial score (nSPS) is 30.5. The maximum Gasteiger partial charge on any atom is 0.258 e. The van der Waals surface area contributed by atoms with Crippen LogP contribution in [0, 0.1) is 17.3 Å². The highest BCUT2D eigenvalue weighted by Gasteiger charge is 2.53. The van der Waals surface area contributed by atoms with Crippen LogP contribution < -0.4 is 4.90 Å². The first-order valence-electron chi connectivity index (χ1n) is 15.8. The summed E-state index contributed by atoms with van der Waals surface area (Å²) in [5.41, 5.74) is 1.54. The standard InChI is InChI=1S/C32H37F2N5O3/c33-26(34)23-14-19(15-23)16-25(40)39(24-3-1-2-22(17-24)28-35-27(38-42-28)20-4-5-20)18-31-8-11-32(12-9-31,13-10-31)30-37-36-29(41-30)21-6-7-21/h1-3,17,19-21,23,26H,4-16,18H2. The number of anilines is 1. The van der Waals surface area contributed by atoms with Crippen LogP contribution in [0.5, 0.6) is 0 Å². The monoisotopic (exact) mass is 577 g/mol. The van der Waals surface area contributed by atoms with E-state index in [0.29, 0.717) is 43.5 Å². The van der Waals surface area contributed by atoms with Crippen molar-refractivity contribution in [2.75, 3.05) is 11.4 Å². The lowest BCUT2D eigenvalue weighted by atomic mass is 9.53. The van der Waals surface area contributed by atoms with E-state index in [4.69, 9.17) is 8.94 Å². The Kier molecular flexibility index (Phi) is 6.26. The van der Waals surface area contributed by atoms with Crippen LogP contribution in [-0.4, -0.2) is 39.2 Å². The van der Waals surface area contributed by atoms with Crippen molar-refractivity contribution in [1.29, 1.82) is 0 Å². The fraction of sp³-hybridized carbons (Fsp3) is 0.656. The fourth-order valence-corrected chi connectivity index (χ4v) is 7.61. The topological polar surface area (TPSA) is 98.2 Å². The summed E-state index contributed by atoms with van der Waals surface area (Å²) >= 11 is 0. The molecule has 9 rings (SSSR count). The van der Waals surface area contributed by atoms with Crippen molar-refractivity contribution in [2.24, 2.45) is 17.3 Å². The van der Waals surface area contributed by atoms with Gasteiger partial charge >= 0.3 is 0 Å². The van der Waals surface area contributed by atoms with Gasteiger partial charge in [0.25, 0.3) is 5.89 Å².